The first kappa shape index (κ1) is 118. The van der Waals surface area contributed by atoms with E-state index in [0.29, 0.717) is 24.8 Å². The fourth-order valence-electron chi connectivity index (χ4n) is 13.4. The van der Waals surface area contributed by atoms with Gasteiger partial charge in [-0.2, -0.15) is 0 Å². The summed E-state index contributed by atoms with van der Waals surface area (Å²) < 4.78 is 0. The molecule has 0 aliphatic carbocycles. The molecule has 0 saturated heterocycles. The fourth-order valence-corrected chi connectivity index (χ4v) is 13.4. The number of nitrogens with one attached hydrogen (secondary N) is 19. The molecule has 0 aliphatic heterocycles. The summed E-state index contributed by atoms with van der Waals surface area (Å²) in [6.07, 6.45) is -8.84. The molecule has 20 atom stereocenters. The van der Waals surface area contributed by atoms with E-state index in [0.717, 1.165) is 13.8 Å². The first-order valence-corrected chi connectivity index (χ1v) is 44.6. The van der Waals surface area contributed by atoms with E-state index in [2.05, 4.69) is 90.4 Å². The lowest BCUT2D eigenvalue weighted by molar-refractivity contribution is -0.143. The summed E-state index contributed by atoms with van der Waals surface area (Å²) in [5.41, 5.74) is 23.1. The molecule has 51 heteroatoms. The standard InChI is InChI=1S/C87H135N23O28/c1-10-42(5)67(109-82(134)68(43(6)11-2)108-79(131)65(89)44(7)112)81(133)103-57(35-48-21-27-51(116)28-22-48)76(128)101-59(37-63(119)120)71(123)96-39-62(118)106-69(45(8)113)83(135)98-54(18-15-33-95-87(92)93)73(125)110-70(46(9)114)84(136)104-58(36-49-23-29-52(117)30-24-49)75(127)100-56(34-47-19-25-50(115)26-20-47)74(126)97-53(17-14-32-94-86(90)91)72(124)102-60(38-64(121)122)77(129)105-61(40-111)78(130)107-66(41(3)4)80(132)99-55(85(137)138)16-12-13-31-88/h19-30,41-46,53-61,65-70,111-117H,10-18,31-40,88-89H2,1-9H3,(H,96,123)(H,97,126)(H,98,135)(H,99,132)(H,100,127)(H,101,128)(H,102,124)(H,103,133)(H,104,136)(H,105,129)(H,106,118)(H,107,130)(H,108,131)(H,109,134)(H,110,125)(H,119,120)(H,121,122)(H,137,138)(H4,90,91,94)(H4,92,93,95)/t42-,43-,44+,45+,46+,53-,54-,55-,56-,57-,58-,59-,60-,61-,65-,66-,67-,68-,69-,70-/m0/s1. The molecule has 138 heavy (non-hydrogen) atoms. The third-order valence-corrected chi connectivity index (χ3v) is 21.9. The van der Waals surface area contributed by atoms with Gasteiger partial charge in [0.25, 0.3) is 0 Å². The summed E-state index contributed by atoms with van der Waals surface area (Å²) in [5.74, 6) is -26.4. The quantitative estimate of drug-likeness (QED) is 0.0142. The number of phenolic OH excluding ortho intramolecular Hbond substituents is 3. The van der Waals surface area contributed by atoms with Gasteiger partial charge < -0.3 is 164 Å². The molecule has 51 nitrogen and oxygen atoms in total. The van der Waals surface area contributed by atoms with Gasteiger partial charge in [0.05, 0.1) is 44.3 Å². The van der Waals surface area contributed by atoms with E-state index < -0.39 is 303 Å². The summed E-state index contributed by atoms with van der Waals surface area (Å²) in [4.78, 5) is 250. The van der Waals surface area contributed by atoms with Gasteiger partial charge in [-0.25, -0.2) is 4.79 Å². The van der Waals surface area contributed by atoms with Gasteiger partial charge in [-0.05, 0) is 143 Å². The van der Waals surface area contributed by atoms with Crippen LogP contribution in [-0.2, 0) is 106 Å². The van der Waals surface area contributed by atoms with Gasteiger partial charge in [0.2, 0.25) is 88.6 Å². The molecular formula is C87H135N23O28. The lowest BCUT2D eigenvalue weighted by Gasteiger charge is -2.31. The molecule has 3 rings (SSSR count). The van der Waals surface area contributed by atoms with Crippen LogP contribution >= 0.6 is 0 Å². The maximum Gasteiger partial charge on any atom is 0.326 e. The number of aliphatic carboxylic acids is 3. The molecule has 0 aromatic heterocycles. The van der Waals surface area contributed by atoms with Gasteiger partial charge in [-0.1, -0.05) is 90.8 Å². The number of carbonyl (C=O) groups is 18. The van der Waals surface area contributed by atoms with E-state index >= 15 is 9.59 Å². The Morgan fingerprint density at radius 3 is 1.01 bits per heavy atom. The second kappa shape index (κ2) is 59.6. The first-order valence-electron chi connectivity index (χ1n) is 44.6. The van der Waals surface area contributed by atoms with Crippen LogP contribution < -0.4 is 113 Å². The summed E-state index contributed by atoms with van der Waals surface area (Å²) in [6.45, 7) is 10.5. The predicted molar refractivity (Wildman–Crippen MR) is 493 cm³/mol. The van der Waals surface area contributed by atoms with Crippen LogP contribution in [0.5, 0.6) is 17.2 Å². The zero-order valence-corrected chi connectivity index (χ0v) is 78.1. The van der Waals surface area contributed by atoms with Crippen LogP contribution in [0.25, 0.3) is 0 Å². The molecule has 0 bridgehead atoms. The van der Waals surface area contributed by atoms with Crippen LogP contribution in [0.1, 0.15) is 150 Å². The van der Waals surface area contributed by atoms with E-state index in [1.54, 1.807) is 27.7 Å². The number of hydrogen-bond donors (Lipinski definition) is 33. The van der Waals surface area contributed by atoms with Crippen LogP contribution in [0.2, 0.25) is 0 Å². The van der Waals surface area contributed by atoms with Crippen molar-refractivity contribution in [2.75, 3.05) is 32.8 Å². The minimum Gasteiger partial charge on any atom is -0.508 e. The van der Waals surface area contributed by atoms with Gasteiger partial charge in [-0.15, -0.1) is 0 Å². The molecule has 766 valence electrons. The Balaban J connectivity index is 2.04. The number of carbonyl (C=O) groups excluding carboxylic acids is 15. The number of carboxylic acid groups (broad SMARTS) is 3. The number of aromatic hydroxyl groups is 3. The molecule has 0 fully saturated rings. The van der Waals surface area contributed by atoms with Crippen molar-refractivity contribution in [3.05, 3.63) is 89.5 Å². The third-order valence-electron chi connectivity index (χ3n) is 21.9. The molecule has 37 N–H and O–H groups in total. The number of guanidine groups is 2. The van der Waals surface area contributed by atoms with Crippen LogP contribution in [0, 0.1) is 28.6 Å². The summed E-state index contributed by atoms with van der Waals surface area (Å²) in [5, 5.41) is 159. The number of hydrogen-bond acceptors (Lipinski definition) is 29. The van der Waals surface area contributed by atoms with Crippen molar-refractivity contribution < 1.29 is 137 Å². The smallest absolute Gasteiger partial charge is 0.326 e. The van der Waals surface area contributed by atoms with Gasteiger partial charge in [0.15, 0.2) is 11.9 Å². The average molecular weight is 1950 g/mol. The largest absolute Gasteiger partial charge is 0.508 e. The number of carboxylic acids is 3. The van der Waals surface area contributed by atoms with Gasteiger partial charge in [0, 0.05) is 32.4 Å². The van der Waals surface area contributed by atoms with Crippen LogP contribution in [0.3, 0.4) is 0 Å². The Labute approximate surface area is 795 Å². The number of aliphatic hydroxyl groups is 4. The number of aliphatic hydroxyl groups excluding tert-OH is 4. The molecule has 0 radical (unpaired) electrons. The number of amides is 15. The highest BCUT2D eigenvalue weighted by atomic mass is 16.4. The van der Waals surface area contributed by atoms with Crippen molar-refractivity contribution in [1.82, 2.24) is 90.4 Å². The minimum absolute atomic E-state index is 0.0332. The maximum atomic E-state index is 15.1. The molecule has 3 aromatic carbocycles. The Morgan fingerprint density at radius 1 is 0.341 bits per heavy atom. The topological polar surface area (TPSA) is 866 Å². The van der Waals surface area contributed by atoms with Crippen molar-refractivity contribution >= 4 is 118 Å². The van der Waals surface area contributed by atoms with Crippen molar-refractivity contribution in [2.24, 2.45) is 40.7 Å². The lowest BCUT2D eigenvalue weighted by Crippen LogP contribution is -2.63. The normalized spacial score (nSPS) is 15.5. The van der Waals surface area contributed by atoms with Crippen molar-refractivity contribution in [1.29, 1.82) is 10.8 Å². The highest BCUT2D eigenvalue weighted by molar-refractivity contribution is 6.02. The molecule has 0 spiro atoms. The van der Waals surface area contributed by atoms with E-state index in [1.165, 1.54) is 93.6 Å². The monoisotopic (exact) mass is 1950 g/mol. The Morgan fingerprint density at radius 2 is 0.638 bits per heavy atom. The van der Waals surface area contributed by atoms with Crippen LogP contribution in [-0.4, -0.2) is 311 Å². The summed E-state index contributed by atoms with van der Waals surface area (Å²) in [6, 6.07) is -11.1. The molecule has 0 unspecified atom stereocenters. The van der Waals surface area contributed by atoms with Crippen LogP contribution in [0.15, 0.2) is 72.8 Å². The zero-order valence-electron chi connectivity index (χ0n) is 78.1. The Kier molecular flexibility index (Phi) is 51.0. The molecule has 0 saturated carbocycles. The second-order valence-electron chi connectivity index (χ2n) is 33.6. The average Bonchev–Trinajstić information content (AvgIpc) is 0.832. The minimum atomic E-state index is -2.14. The number of rotatable bonds is 62. The summed E-state index contributed by atoms with van der Waals surface area (Å²) >= 11 is 0. The van der Waals surface area contributed by atoms with Crippen molar-refractivity contribution in [3.63, 3.8) is 0 Å². The number of nitrogens with two attached hydrogens (primary N) is 4. The molecule has 15 amide bonds. The molecule has 0 aliphatic rings. The number of phenols is 3. The predicted octanol–water partition coefficient (Wildman–Crippen LogP) is -8.37. The van der Waals surface area contributed by atoms with Gasteiger partial charge in [-0.3, -0.25) is 92.3 Å². The number of unbranched alkanes of at least 4 members (excludes halogenated alkanes) is 1. The van der Waals surface area contributed by atoms with E-state index in [4.69, 9.17) is 33.8 Å². The third kappa shape index (κ3) is 42.0. The Hall–Kier alpha value is -14.2. The Bertz CT molecular complexity index is 4630. The van der Waals surface area contributed by atoms with Gasteiger partial charge >= 0.3 is 17.9 Å². The first-order chi connectivity index (χ1) is 64.8. The van der Waals surface area contributed by atoms with E-state index in [1.807, 2.05) is 0 Å². The maximum absolute atomic E-state index is 15.1. The van der Waals surface area contributed by atoms with E-state index in [-0.39, 0.29) is 73.7 Å². The second-order valence-corrected chi connectivity index (χ2v) is 33.6. The molecular weight excluding hydrogens is 1820 g/mol. The molecule has 0 heterocycles. The fraction of sp³-hybridized carbons (Fsp3) is 0.563. The van der Waals surface area contributed by atoms with Crippen molar-refractivity contribution in [2.45, 2.75) is 261 Å². The molecule has 3 aromatic rings. The lowest BCUT2D eigenvalue weighted by atomic mass is 9.94. The van der Waals surface area contributed by atoms with Crippen LogP contribution in [0.4, 0.5) is 0 Å². The van der Waals surface area contributed by atoms with E-state index in [9.17, 15) is 128 Å². The SMILES string of the molecule is CC[C@H](C)[C@H](NC(=O)[C@@H](N)[C@@H](C)O)C(=O)N[C@H](C(=O)N[C@@H](Cc1ccc(O)cc1)C(=O)N[C@@H](CC(=O)O)C(=O)NCC(=O)N[C@H](C(=O)N[C@@H](CCCNC(=N)N)C(=O)N[C@H](C(=O)N[C@@H](Cc1ccc(O)cc1)C(=O)N[C@@H](Cc1ccc(O)cc1)C(=O)N[C@@H](CCCNC(=N)N)C(=O)N[C@@H](CC(=O)O)C(=O)N[C@@H](CO)C(=O)N[C@H](C(=O)N[C@@H](CCCCN)C(=O)O)C(C)C)[C@@H](C)O)[C@@H](C)O)[C@@H](C)CC. The number of benzene rings is 3. The summed E-state index contributed by atoms with van der Waals surface area (Å²) in [7, 11) is 0. The van der Waals surface area contributed by atoms with Gasteiger partial charge in [0.1, 0.15) is 108 Å². The van der Waals surface area contributed by atoms with Crippen molar-refractivity contribution in [3.8, 4) is 17.2 Å². The highest BCUT2D eigenvalue weighted by Crippen LogP contribution is 2.20. The zero-order chi connectivity index (χ0) is 104. The highest BCUT2D eigenvalue weighted by Gasteiger charge is 2.42.